The number of anilines is 1. The zero-order chi connectivity index (χ0) is 21.3. The number of phenolic OH excluding ortho intramolecular Hbond substituents is 1. The van der Waals surface area contributed by atoms with Gasteiger partial charge in [-0.3, -0.25) is 4.79 Å². The molecule has 0 bridgehead atoms. The van der Waals surface area contributed by atoms with Gasteiger partial charge in [0.1, 0.15) is 0 Å². The molecule has 3 aromatic rings. The average Bonchev–Trinajstić information content (AvgIpc) is 2.78. The van der Waals surface area contributed by atoms with Crippen LogP contribution in [0.25, 0.3) is 17.2 Å². The van der Waals surface area contributed by atoms with Gasteiger partial charge in [0.15, 0.2) is 18.1 Å². The first-order chi connectivity index (χ1) is 14.6. The first-order valence-electron chi connectivity index (χ1n) is 9.23. The predicted octanol–water partition coefficient (Wildman–Crippen LogP) is 4.26. The number of methoxy groups -OCH3 is 1. The lowest BCUT2D eigenvalue weighted by Gasteiger charge is -2.11. The quantitative estimate of drug-likeness (QED) is 0.455. The van der Waals surface area contributed by atoms with Gasteiger partial charge in [-0.1, -0.05) is 54.6 Å². The number of nitrogens with one attached hydrogen (secondary N) is 1. The molecule has 0 aromatic heterocycles. The van der Waals surface area contributed by atoms with Crippen LogP contribution in [0.4, 0.5) is 5.69 Å². The van der Waals surface area contributed by atoms with Crippen LogP contribution in [0, 0.1) is 0 Å². The summed E-state index contributed by atoms with van der Waals surface area (Å²) in [4.78, 5) is 24.2. The van der Waals surface area contributed by atoms with Crippen molar-refractivity contribution in [1.82, 2.24) is 0 Å². The molecule has 152 valence electrons. The smallest absolute Gasteiger partial charge is 0.331 e. The monoisotopic (exact) mass is 403 g/mol. The molecule has 3 aromatic carbocycles. The van der Waals surface area contributed by atoms with E-state index in [1.165, 1.54) is 25.3 Å². The Kier molecular flexibility index (Phi) is 6.84. The van der Waals surface area contributed by atoms with Crippen molar-refractivity contribution in [1.29, 1.82) is 0 Å². The van der Waals surface area contributed by atoms with Crippen LogP contribution in [-0.4, -0.2) is 30.7 Å². The number of hydrogen-bond acceptors (Lipinski definition) is 5. The summed E-state index contributed by atoms with van der Waals surface area (Å²) in [6.45, 7) is -0.412. The van der Waals surface area contributed by atoms with Crippen LogP contribution in [0.3, 0.4) is 0 Å². The summed E-state index contributed by atoms with van der Waals surface area (Å²) in [5.41, 5.74) is 3.12. The Balaban J connectivity index is 1.57. The maximum absolute atomic E-state index is 12.2. The van der Waals surface area contributed by atoms with E-state index in [1.807, 2.05) is 48.5 Å². The second-order valence-corrected chi connectivity index (χ2v) is 6.33. The molecule has 0 radical (unpaired) electrons. The fraction of sp³-hybridized carbons (Fsp3) is 0.0833. The van der Waals surface area contributed by atoms with Crippen LogP contribution in [0.5, 0.6) is 11.5 Å². The lowest BCUT2D eigenvalue weighted by molar-refractivity contribution is -0.142. The maximum Gasteiger partial charge on any atom is 0.331 e. The Morgan fingerprint density at radius 3 is 2.50 bits per heavy atom. The van der Waals surface area contributed by atoms with Crippen LogP contribution in [0.1, 0.15) is 5.56 Å². The zero-order valence-electron chi connectivity index (χ0n) is 16.4. The first-order valence-corrected chi connectivity index (χ1v) is 9.23. The highest BCUT2D eigenvalue weighted by Gasteiger charge is 2.10. The predicted molar refractivity (Wildman–Crippen MR) is 115 cm³/mol. The van der Waals surface area contributed by atoms with Gasteiger partial charge in [-0.25, -0.2) is 4.79 Å². The lowest BCUT2D eigenvalue weighted by atomic mass is 10.0. The van der Waals surface area contributed by atoms with Gasteiger partial charge in [-0.2, -0.15) is 0 Å². The molecule has 1 amide bonds. The van der Waals surface area contributed by atoms with Gasteiger partial charge in [0.05, 0.1) is 7.11 Å². The molecule has 3 rings (SSSR count). The first kappa shape index (κ1) is 20.7. The number of aromatic hydroxyl groups is 1. The number of amides is 1. The largest absolute Gasteiger partial charge is 0.504 e. The Bertz CT molecular complexity index is 1060. The Morgan fingerprint density at radius 2 is 1.73 bits per heavy atom. The zero-order valence-corrected chi connectivity index (χ0v) is 16.4. The molecule has 0 saturated carbocycles. The van der Waals surface area contributed by atoms with E-state index in [-0.39, 0.29) is 5.75 Å². The van der Waals surface area contributed by atoms with E-state index in [1.54, 1.807) is 18.2 Å². The summed E-state index contributed by atoms with van der Waals surface area (Å²) in [5, 5.41) is 12.4. The molecule has 0 aliphatic carbocycles. The van der Waals surface area contributed by atoms with Crippen molar-refractivity contribution in [3.63, 3.8) is 0 Å². The molecule has 0 aliphatic heterocycles. The number of carbonyl (C=O) groups excluding carboxylic acids is 2. The summed E-state index contributed by atoms with van der Waals surface area (Å²) in [6.07, 6.45) is 2.71. The molecule has 6 nitrogen and oxygen atoms in total. The topological polar surface area (TPSA) is 84.9 Å². The third-order valence-corrected chi connectivity index (χ3v) is 4.25. The minimum absolute atomic E-state index is 0.00433. The molecular formula is C24H21NO5. The van der Waals surface area contributed by atoms with Crippen molar-refractivity contribution in [3.8, 4) is 22.6 Å². The molecule has 0 saturated heterocycles. The van der Waals surface area contributed by atoms with Gasteiger partial charge in [-0.05, 0) is 35.4 Å². The van der Waals surface area contributed by atoms with Crippen molar-refractivity contribution in [2.45, 2.75) is 0 Å². The summed E-state index contributed by atoms with van der Waals surface area (Å²) >= 11 is 0. The molecule has 2 N–H and O–H groups in total. The van der Waals surface area contributed by atoms with E-state index < -0.39 is 18.5 Å². The van der Waals surface area contributed by atoms with Gasteiger partial charge < -0.3 is 19.9 Å². The Labute approximate surface area is 174 Å². The maximum atomic E-state index is 12.2. The lowest BCUT2D eigenvalue weighted by Crippen LogP contribution is -2.20. The number of rotatable bonds is 7. The number of benzene rings is 3. The second kappa shape index (κ2) is 9.93. The molecule has 0 atom stereocenters. The molecule has 0 unspecified atom stereocenters. The number of phenols is 1. The van der Waals surface area contributed by atoms with Crippen LogP contribution >= 0.6 is 0 Å². The van der Waals surface area contributed by atoms with Gasteiger partial charge in [-0.15, -0.1) is 0 Å². The highest BCUT2D eigenvalue weighted by Crippen LogP contribution is 2.28. The summed E-state index contributed by atoms with van der Waals surface area (Å²) in [5.74, 6) is -0.799. The van der Waals surface area contributed by atoms with E-state index in [0.29, 0.717) is 17.0 Å². The van der Waals surface area contributed by atoms with E-state index in [4.69, 9.17) is 9.47 Å². The number of esters is 1. The minimum atomic E-state index is -0.659. The molecule has 0 spiro atoms. The Morgan fingerprint density at radius 1 is 1.00 bits per heavy atom. The summed E-state index contributed by atoms with van der Waals surface area (Å²) in [6, 6.07) is 21.7. The van der Waals surface area contributed by atoms with E-state index >= 15 is 0 Å². The molecular weight excluding hydrogens is 382 g/mol. The van der Waals surface area contributed by atoms with E-state index in [2.05, 4.69) is 5.32 Å². The van der Waals surface area contributed by atoms with Crippen molar-refractivity contribution in [2.75, 3.05) is 19.0 Å². The highest BCUT2D eigenvalue weighted by molar-refractivity contribution is 5.97. The molecule has 0 fully saturated rings. The summed E-state index contributed by atoms with van der Waals surface area (Å²) < 4.78 is 10.0. The van der Waals surface area contributed by atoms with Gasteiger partial charge in [0.2, 0.25) is 0 Å². The van der Waals surface area contributed by atoms with Crippen LogP contribution in [0.2, 0.25) is 0 Å². The van der Waals surface area contributed by atoms with Crippen LogP contribution in [0.15, 0.2) is 78.9 Å². The minimum Gasteiger partial charge on any atom is -0.504 e. The highest BCUT2D eigenvalue weighted by atomic mass is 16.5. The van der Waals surface area contributed by atoms with Crippen molar-refractivity contribution >= 4 is 23.6 Å². The molecule has 0 heterocycles. The number of ether oxygens (including phenoxy) is 2. The second-order valence-electron chi connectivity index (χ2n) is 6.33. The van der Waals surface area contributed by atoms with Crippen molar-refractivity contribution in [3.05, 3.63) is 84.4 Å². The van der Waals surface area contributed by atoms with Crippen molar-refractivity contribution < 1.29 is 24.2 Å². The fourth-order valence-electron chi connectivity index (χ4n) is 2.79. The summed E-state index contributed by atoms with van der Waals surface area (Å²) in [7, 11) is 1.44. The average molecular weight is 403 g/mol. The van der Waals surface area contributed by atoms with E-state index in [9.17, 15) is 14.7 Å². The molecule has 6 heteroatoms. The van der Waals surface area contributed by atoms with Crippen molar-refractivity contribution in [2.24, 2.45) is 0 Å². The third-order valence-electron chi connectivity index (χ3n) is 4.25. The van der Waals surface area contributed by atoms with Gasteiger partial charge in [0.25, 0.3) is 5.91 Å². The van der Waals surface area contributed by atoms with Crippen LogP contribution in [-0.2, 0) is 14.3 Å². The Hall–Kier alpha value is -4.06. The SMILES string of the molecule is COc1cc(/C=C/C(=O)OCC(=O)Nc2ccccc2-c2ccccc2)ccc1O. The van der Waals surface area contributed by atoms with Gasteiger partial charge >= 0.3 is 5.97 Å². The third kappa shape index (κ3) is 5.48. The van der Waals surface area contributed by atoms with E-state index in [0.717, 1.165) is 11.1 Å². The number of para-hydroxylation sites is 1. The fourth-order valence-corrected chi connectivity index (χ4v) is 2.79. The number of hydrogen-bond donors (Lipinski definition) is 2. The molecule has 0 aliphatic rings. The molecule has 30 heavy (non-hydrogen) atoms. The normalized spacial score (nSPS) is 10.6. The van der Waals surface area contributed by atoms with Crippen LogP contribution < -0.4 is 10.1 Å². The van der Waals surface area contributed by atoms with Gasteiger partial charge in [0, 0.05) is 17.3 Å². The standard InChI is InChI=1S/C24H21NO5/c1-29-22-15-17(11-13-21(22)26)12-14-24(28)30-16-23(27)25-20-10-6-5-9-19(20)18-7-3-2-4-8-18/h2-15,26H,16H2,1H3,(H,25,27)/b14-12+. The number of carbonyl (C=O) groups is 2.